The molecule has 0 aliphatic rings. The van der Waals surface area contributed by atoms with Crippen molar-refractivity contribution in [1.29, 1.82) is 0 Å². The predicted molar refractivity (Wildman–Crippen MR) is 79.8 cm³/mol. The van der Waals surface area contributed by atoms with E-state index >= 15 is 0 Å². The number of anilines is 1. The van der Waals surface area contributed by atoms with Crippen LogP contribution < -0.4 is 5.73 Å². The van der Waals surface area contributed by atoms with E-state index in [-0.39, 0.29) is 10.8 Å². The van der Waals surface area contributed by atoms with E-state index in [2.05, 4.69) is 13.8 Å². The molecule has 0 bridgehead atoms. The quantitative estimate of drug-likeness (QED) is 0.791. The Balaban J connectivity index is 2.37. The lowest BCUT2D eigenvalue weighted by Crippen LogP contribution is -1.95. The zero-order valence-electron chi connectivity index (χ0n) is 11.1. The van der Waals surface area contributed by atoms with Crippen molar-refractivity contribution in [3.05, 3.63) is 52.8 Å². The number of hydrogen-bond acceptors (Lipinski definition) is 1. The van der Waals surface area contributed by atoms with Crippen LogP contribution in [0.2, 0.25) is 5.02 Å². The van der Waals surface area contributed by atoms with Crippen LogP contribution in [-0.2, 0) is 6.42 Å². The van der Waals surface area contributed by atoms with E-state index in [9.17, 15) is 4.39 Å². The Kier molecular flexibility index (Phi) is 4.11. The molecule has 0 saturated heterocycles. The third kappa shape index (κ3) is 3.27. The van der Waals surface area contributed by atoms with E-state index in [1.165, 1.54) is 17.7 Å². The van der Waals surface area contributed by atoms with Gasteiger partial charge in [-0.2, -0.15) is 0 Å². The fraction of sp³-hybridized carbons (Fsp3) is 0.250. The summed E-state index contributed by atoms with van der Waals surface area (Å²) in [6.45, 7) is 4.36. The standard InChI is InChI=1S/C16H17ClFN/c1-10(2)7-11-3-5-12(6-4-11)14-8-13(18)9-15(17)16(14)19/h3-6,8-10H,7,19H2,1-2H3. The van der Waals surface area contributed by atoms with Crippen LogP contribution in [0, 0.1) is 11.7 Å². The minimum Gasteiger partial charge on any atom is -0.397 e. The summed E-state index contributed by atoms with van der Waals surface area (Å²) in [5.74, 6) is 0.236. The molecule has 3 heteroatoms. The van der Waals surface area contributed by atoms with Gasteiger partial charge >= 0.3 is 0 Å². The molecule has 1 nitrogen and oxygen atoms in total. The van der Waals surface area contributed by atoms with Gasteiger partial charge in [0, 0.05) is 5.56 Å². The molecule has 2 N–H and O–H groups in total. The molecule has 0 aromatic heterocycles. The molecule has 0 aliphatic carbocycles. The Bertz CT molecular complexity index is 576. The number of halogens is 2. The Morgan fingerprint density at radius 1 is 1.16 bits per heavy atom. The molecule has 2 rings (SSSR count). The van der Waals surface area contributed by atoms with Crippen LogP contribution in [0.25, 0.3) is 11.1 Å². The maximum atomic E-state index is 13.4. The lowest BCUT2D eigenvalue weighted by Gasteiger charge is -2.10. The summed E-state index contributed by atoms with van der Waals surface area (Å²) in [6, 6.07) is 10.7. The number of benzene rings is 2. The van der Waals surface area contributed by atoms with Crippen LogP contribution in [0.3, 0.4) is 0 Å². The van der Waals surface area contributed by atoms with Crippen LogP contribution in [0.5, 0.6) is 0 Å². The van der Waals surface area contributed by atoms with Crippen molar-refractivity contribution in [2.45, 2.75) is 20.3 Å². The minimum atomic E-state index is -0.375. The number of hydrogen-bond donors (Lipinski definition) is 1. The van der Waals surface area contributed by atoms with Crippen molar-refractivity contribution in [2.75, 3.05) is 5.73 Å². The molecular formula is C16H17ClFN. The highest BCUT2D eigenvalue weighted by atomic mass is 35.5. The minimum absolute atomic E-state index is 0.251. The predicted octanol–water partition coefficient (Wildman–Crippen LogP) is 4.93. The Morgan fingerprint density at radius 3 is 2.37 bits per heavy atom. The van der Waals surface area contributed by atoms with Gasteiger partial charge in [0.15, 0.2) is 0 Å². The molecule has 0 fully saturated rings. The summed E-state index contributed by atoms with van der Waals surface area (Å²) in [6.07, 6.45) is 1.03. The SMILES string of the molecule is CC(C)Cc1ccc(-c2cc(F)cc(Cl)c2N)cc1. The molecule has 0 unspecified atom stereocenters. The first kappa shape index (κ1) is 13.9. The fourth-order valence-corrected chi connectivity index (χ4v) is 2.32. The van der Waals surface area contributed by atoms with Crippen LogP contribution in [0.4, 0.5) is 10.1 Å². The molecule has 100 valence electrons. The average molecular weight is 278 g/mol. The van der Waals surface area contributed by atoms with Gasteiger partial charge in [0.2, 0.25) is 0 Å². The van der Waals surface area contributed by atoms with Crippen molar-refractivity contribution >= 4 is 17.3 Å². The van der Waals surface area contributed by atoms with E-state index in [1.807, 2.05) is 24.3 Å². The van der Waals surface area contributed by atoms with E-state index in [0.29, 0.717) is 17.2 Å². The lowest BCUT2D eigenvalue weighted by molar-refractivity contribution is 0.628. The third-order valence-electron chi connectivity index (χ3n) is 3.00. The molecule has 0 radical (unpaired) electrons. The summed E-state index contributed by atoms with van der Waals surface area (Å²) >= 11 is 5.90. The second-order valence-electron chi connectivity index (χ2n) is 5.14. The van der Waals surface area contributed by atoms with Gasteiger partial charge in [-0.1, -0.05) is 49.7 Å². The van der Waals surface area contributed by atoms with E-state index < -0.39 is 0 Å². The third-order valence-corrected chi connectivity index (χ3v) is 3.32. The highest BCUT2D eigenvalue weighted by Crippen LogP contribution is 2.32. The normalized spacial score (nSPS) is 11.0. The smallest absolute Gasteiger partial charge is 0.125 e. The molecule has 0 aliphatic heterocycles. The van der Waals surface area contributed by atoms with E-state index in [0.717, 1.165) is 12.0 Å². The molecule has 19 heavy (non-hydrogen) atoms. The average Bonchev–Trinajstić information content (AvgIpc) is 2.34. The van der Waals surface area contributed by atoms with Gasteiger partial charge in [-0.05, 0) is 35.6 Å². The Morgan fingerprint density at radius 2 is 1.79 bits per heavy atom. The van der Waals surface area contributed by atoms with Gasteiger partial charge in [0.25, 0.3) is 0 Å². The second-order valence-corrected chi connectivity index (χ2v) is 5.55. The van der Waals surface area contributed by atoms with Gasteiger partial charge < -0.3 is 5.73 Å². The van der Waals surface area contributed by atoms with Crippen molar-refractivity contribution in [3.8, 4) is 11.1 Å². The monoisotopic (exact) mass is 277 g/mol. The maximum Gasteiger partial charge on any atom is 0.125 e. The summed E-state index contributed by atoms with van der Waals surface area (Å²) in [7, 11) is 0. The van der Waals surface area contributed by atoms with Crippen molar-refractivity contribution in [3.63, 3.8) is 0 Å². The molecule has 0 saturated carbocycles. The topological polar surface area (TPSA) is 26.0 Å². The molecule has 0 heterocycles. The summed E-state index contributed by atoms with van der Waals surface area (Å²) in [5, 5.41) is 0.251. The summed E-state index contributed by atoms with van der Waals surface area (Å²) in [5.41, 5.74) is 9.10. The zero-order valence-corrected chi connectivity index (χ0v) is 11.8. The molecule has 0 amide bonds. The molecule has 2 aromatic rings. The van der Waals surface area contributed by atoms with E-state index in [4.69, 9.17) is 17.3 Å². The molecule has 0 spiro atoms. The van der Waals surface area contributed by atoms with Crippen LogP contribution in [-0.4, -0.2) is 0 Å². The highest BCUT2D eigenvalue weighted by molar-refractivity contribution is 6.33. The first-order valence-corrected chi connectivity index (χ1v) is 6.69. The van der Waals surface area contributed by atoms with Crippen molar-refractivity contribution in [2.24, 2.45) is 5.92 Å². The molecule has 0 atom stereocenters. The van der Waals surface area contributed by atoms with Gasteiger partial charge in [-0.3, -0.25) is 0 Å². The van der Waals surface area contributed by atoms with Gasteiger partial charge in [0.1, 0.15) is 5.82 Å². The number of rotatable bonds is 3. The Hall–Kier alpha value is -1.54. The zero-order chi connectivity index (χ0) is 14.0. The van der Waals surface area contributed by atoms with Crippen molar-refractivity contribution in [1.82, 2.24) is 0 Å². The first-order chi connectivity index (χ1) is 8.97. The highest BCUT2D eigenvalue weighted by Gasteiger charge is 2.09. The maximum absolute atomic E-state index is 13.4. The summed E-state index contributed by atoms with van der Waals surface area (Å²) in [4.78, 5) is 0. The largest absolute Gasteiger partial charge is 0.397 e. The second kappa shape index (κ2) is 5.62. The van der Waals surface area contributed by atoms with Crippen LogP contribution in [0.15, 0.2) is 36.4 Å². The number of nitrogen functional groups attached to an aromatic ring is 1. The van der Waals surface area contributed by atoms with E-state index in [1.54, 1.807) is 0 Å². The number of nitrogens with two attached hydrogens (primary N) is 1. The van der Waals surface area contributed by atoms with Gasteiger partial charge in [-0.15, -0.1) is 0 Å². The van der Waals surface area contributed by atoms with Crippen LogP contribution in [0.1, 0.15) is 19.4 Å². The first-order valence-electron chi connectivity index (χ1n) is 6.31. The summed E-state index contributed by atoms with van der Waals surface area (Å²) < 4.78 is 13.4. The fourth-order valence-electron chi connectivity index (χ4n) is 2.12. The van der Waals surface area contributed by atoms with Gasteiger partial charge in [0.05, 0.1) is 10.7 Å². The molecular weight excluding hydrogens is 261 g/mol. The van der Waals surface area contributed by atoms with Gasteiger partial charge in [-0.25, -0.2) is 4.39 Å². The van der Waals surface area contributed by atoms with Crippen molar-refractivity contribution < 1.29 is 4.39 Å². The Labute approximate surface area is 118 Å². The van der Waals surface area contributed by atoms with Crippen LogP contribution >= 0.6 is 11.6 Å². The molecule has 2 aromatic carbocycles. The lowest BCUT2D eigenvalue weighted by atomic mass is 9.98.